The Hall–Kier alpha value is -1.88. The van der Waals surface area contributed by atoms with Gasteiger partial charge in [0.25, 0.3) is 0 Å². The number of amides is 2. The number of ether oxygens (including phenoxy) is 1. The first-order valence-electron chi connectivity index (χ1n) is 4.86. The van der Waals surface area contributed by atoms with Crippen LogP contribution in [-0.4, -0.2) is 24.2 Å². The van der Waals surface area contributed by atoms with Crippen molar-refractivity contribution in [2.24, 2.45) is 0 Å². The van der Waals surface area contributed by atoms with E-state index >= 15 is 0 Å². The molecule has 0 heterocycles. The number of hydrogen-bond donors (Lipinski definition) is 0. The summed E-state index contributed by atoms with van der Waals surface area (Å²) in [6, 6.07) is 9.21. The third kappa shape index (κ3) is 3.70. The highest BCUT2D eigenvalue weighted by molar-refractivity contribution is 5.78. The molecule has 0 saturated carbocycles. The molecule has 16 heavy (non-hydrogen) atoms. The van der Waals surface area contributed by atoms with Crippen LogP contribution in [0.5, 0.6) is 0 Å². The number of carbonyl (C=O) groups excluding carboxylic acids is 2. The lowest BCUT2D eigenvalue weighted by Crippen LogP contribution is -2.30. The van der Waals surface area contributed by atoms with Crippen molar-refractivity contribution >= 4 is 12.5 Å². The molecule has 86 valence electrons. The second-order valence-corrected chi connectivity index (χ2v) is 2.89. The number of hydrogen-bond acceptors (Lipinski definition) is 4. The number of imide groups is 1. The quantitative estimate of drug-likeness (QED) is 0.563. The van der Waals surface area contributed by atoms with Gasteiger partial charge in [0.05, 0.1) is 6.61 Å². The summed E-state index contributed by atoms with van der Waals surface area (Å²) in [7, 11) is 0. The zero-order valence-corrected chi connectivity index (χ0v) is 8.96. The fourth-order valence-corrected chi connectivity index (χ4v) is 1.03. The molecule has 1 aromatic carbocycles. The van der Waals surface area contributed by atoms with Crippen LogP contribution in [0.15, 0.2) is 30.3 Å². The zero-order valence-electron chi connectivity index (χ0n) is 8.96. The summed E-state index contributed by atoms with van der Waals surface area (Å²) < 4.78 is 4.61. The average Bonchev–Trinajstić information content (AvgIpc) is 2.31. The van der Waals surface area contributed by atoms with Crippen LogP contribution in [0, 0.1) is 0 Å². The topological polar surface area (TPSA) is 55.8 Å². The Morgan fingerprint density at radius 1 is 1.38 bits per heavy atom. The second kappa shape index (κ2) is 6.58. The van der Waals surface area contributed by atoms with Crippen LogP contribution in [0.1, 0.15) is 12.5 Å². The number of benzene rings is 1. The Morgan fingerprint density at radius 3 is 2.62 bits per heavy atom. The molecule has 5 heteroatoms. The van der Waals surface area contributed by atoms with E-state index < -0.39 is 6.09 Å². The molecule has 1 rings (SSSR count). The minimum atomic E-state index is -0.812. The lowest BCUT2D eigenvalue weighted by Gasteiger charge is -2.13. The van der Waals surface area contributed by atoms with Gasteiger partial charge in [0.15, 0.2) is 0 Å². The summed E-state index contributed by atoms with van der Waals surface area (Å²) >= 11 is 0. The van der Waals surface area contributed by atoms with E-state index in [0.717, 1.165) is 5.56 Å². The molecule has 0 fully saturated rings. The molecule has 0 saturated heterocycles. The van der Waals surface area contributed by atoms with Crippen LogP contribution >= 0.6 is 0 Å². The van der Waals surface area contributed by atoms with E-state index in [2.05, 4.69) is 4.74 Å². The van der Waals surface area contributed by atoms with Crippen LogP contribution in [0.4, 0.5) is 4.79 Å². The van der Waals surface area contributed by atoms with E-state index in [4.69, 9.17) is 4.84 Å². The van der Waals surface area contributed by atoms with E-state index in [0.29, 0.717) is 5.06 Å². The normalized spacial score (nSPS) is 9.56. The Morgan fingerprint density at radius 2 is 2.06 bits per heavy atom. The molecular formula is C11H13NO4. The minimum Gasteiger partial charge on any atom is -0.448 e. The van der Waals surface area contributed by atoms with Gasteiger partial charge in [0.1, 0.15) is 6.61 Å². The molecule has 1 aromatic rings. The summed E-state index contributed by atoms with van der Waals surface area (Å²) in [6.45, 7) is 1.98. The average molecular weight is 223 g/mol. The van der Waals surface area contributed by atoms with E-state index in [1.807, 2.05) is 30.3 Å². The Balaban J connectivity index is 2.46. The molecule has 5 nitrogen and oxygen atoms in total. The molecular weight excluding hydrogens is 210 g/mol. The van der Waals surface area contributed by atoms with E-state index in [9.17, 15) is 9.59 Å². The van der Waals surface area contributed by atoms with Gasteiger partial charge in [-0.25, -0.2) is 4.79 Å². The first-order chi connectivity index (χ1) is 7.77. The van der Waals surface area contributed by atoms with Gasteiger partial charge in [-0.1, -0.05) is 30.3 Å². The molecule has 0 unspecified atom stereocenters. The summed E-state index contributed by atoms with van der Waals surface area (Å²) in [5.74, 6) is 0. The second-order valence-electron chi connectivity index (χ2n) is 2.89. The molecule has 2 amide bonds. The number of nitrogens with zero attached hydrogens (tertiary/aromatic N) is 1. The summed E-state index contributed by atoms with van der Waals surface area (Å²) in [5.41, 5.74) is 0.860. The van der Waals surface area contributed by atoms with Crippen molar-refractivity contribution in [3.8, 4) is 0 Å². The highest BCUT2D eigenvalue weighted by Crippen LogP contribution is 2.02. The van der Waals surface area contributed by atoms with Gasteiger partial charge < -0.3 is 4.74 Å². The predicted molar refractivity (Wildman–Crippen MR) is 56.2 cm³/mol. The maximum atomic E-state index is 11.1. The molecule has 0 aliphatic heterocycles. The van der Waals surface area contributed by atoms with Crippen molar-refractivity contribution in [1.29, 1.82) is 0 Å². The predicted octanol–water partition coefficient (Wildman–Crippen LogP) is 1.73. The highest BCUT2D eigenvalue weighted by atomic mass is 16.7. The van der Waals surface area contributed by atoms with Crippen molar-refractivity contribution in [2.75, 3.05) is 6.61 Å². The fraction of sp³-hybridized carbons (Fsp3) is 0.273. The summed E-state index contributed by atoms with van der Waals surface area (Å²) in [5, 5.41) is 0.538. The molecule has 0 spiro atoms. The summed E-state index contributed by atoms with van der Waals surface area (Å²) in [4.78, 5) is 26.7. The van der Waals surface area contributed by atoms with Gasteiger partial charge in [-0.15, -0.1) is 5.06 Å². The van der Waals surface area contributed by atoms with Gasteiger partial charge >= 0.3 is 6.09 Å². The van der Waals surface area contributed by atoms with Crippen LogP contribution in [-0.2, 0) is 21.0 Å². The Kier molecular flexibility index (Phi) is 5.01. The van der Waals surface area contributed by atoms with Crippen LogP contribution in [0.2, 0.25) is 0 Å². The van der Waals surface area contributed by atoms with Gasteiger partial charge in [-0.3, -0.25) is 9.63 Å². The molecule has 0 N–H and O–H groups in total. The fourth-order valence-electron chi connectivity index (χ4n) is 1.03. The first kappa shape index (κ1) is 12.2. The largest absolute Gasteiger partial charge is 0.448 e. The van der Waals surface area contributed by atoms with Crippen molar-refractivity contribution in [3.05, 3.63) is 35.9 Å². The monoisotopic (exact) mass is 223 g/mol. The van der Waals surface area contributed by atoms with E-state index in [-0.39, 0.29) is 19.6 Å². The van der Waals surface area contributed by atoms with Crippen LogP contribution in [0.25, 0.3) is 0 Å². The van der Waals surface area contributed by atoms with Crippen molar-refractivity contribution in [1.82, 2.24) is 5.06 Å². The van der Waals surface area contributed by atoms with Crippen LogP contribution in [0.3, 0.4) is 0 Å². The van der Waals surface area contributed by atoms with Gasteiger partial charge in [0.2, 0.25) is 6.41 Å². The van der Waals surface area contributed by atoms with Gasteiger partial charge in [-0.05, 0) is 12.5 Å². The number of rotatable bonds is 5. The number of carbonyl (C=O) groups is 2. The zero-order chi connectivity index (χ0) is 11.8. The molecule has 0 aliphatic carbocycles. The highest BCUT2D eigenvalue weighted by Gasteiger charge is 2.14. The maximum Gasteiger partial charge on any atom is 0.441 e. The molecule has 0 aromatic heterocycles. The maximum absolute atomic E-state index is 11.1. The van der Waals surface area contributed by atoms with E-state index in [1.54, 1.807) is 6.92 Å². The van der Waals surface area contributed by atoms with Crippen molar-refractivity contribution in [3.63, 3.8) is 0 Å². The lowest BCUT2D eigenvalue weighted by atomic mass is 10.2. The van der Waals surface area contributed by atoms with E-state index in [1.165, 1.54) is 0 Å². The molecule has 0 aliphatic rings. The van der Waals surface area contributed by atoms with Crippen LogP contribution < -0.4 is 0 Å². The SMILES string of the molecule is CCOC(=O)N(C=O)OCc1ccccc1. The number of hydroxylamine groups is 2. The van der Waals surface area contributed by atoms with Crippen molar-refractivity contribution < 1.29 is 19.2 Å². The minimum absolute atomic E-state index is 0.137. The molecule has 0 atom stereocenters. The lowest BCUT2D eigenvalue weighted by molar-refractivity contribution is -0.164. The smallest absolute Gasteiger partial charge is 0.441 e. The third-order valence-corrected chi connectivity index (χ3v) is 1.76. The molecule has 0 radical (unpaired) electrons. The Labute approximate surface area is 93.5 Å². The van der Waals surface area contributed by atoms with Gasteiger partial charge in [-0.2, -0.15) is 0 Å². The third-order valence-electron chi connectivity index (χ3n) is 1.76. The van der Waals surface area contributed by atoms with Crippen molar-refractivity contribution in [2.45, 2.75) is 13.5 Å². The summed E-state index contributed by atoms with van der Waals surface area (Å²) in [6.07, 6.45) is -0.533. The van der Waals surface area contributed by atoms with Gasteiger partial charge in [0, 0.05) is 0 Å². The Bertz CT molecular complexity index is 339. The molecule has 0 bridgehead atoms. The first-order valence-corrected chi connectivity index (χ1v) is 4.86. The standard InChI is InChI=1S/C11H13NO4/c1-2-15-11(14)12(9-13)16-8-10-6-4-3-5-7-10/h3-7,9H,2,8H2,1H3.